The molecule has 1 aliphatic rings. The Morgan fingerprint density at radius 1 is 1.08 bits per heavy atom. The van der Waals surface area contributed by atoms with Crippen LogP contribution in [0.25, 0.3) is 0 Å². The zero-order valence-electron chi connectivity index (χ0n) is 8.33. The van der Waals surface area contributed by atoms with E-state index in [0.29, 0.717) is 11.8 Å². The monoisotopic (exact) mass is 172 g/mol. The molecule has 68 valence electrons. The molecule has 2 unspecified atom stereocenters. The van der Waals surface area contributed by atoms with Crippen molar-refractivity contribution in [2.45, 2.75) is 20.3 Å². The first kappa shape index (κ1) is 9.86. The molecule has 1 rings (SSSR count). The van der Waals surface area contributed by atoms with Gasteiger partial charge >= 0.3 is 0 Å². The molecule has 2 atom stereocenters. The average Bonchev–Trinajstić information content (AvgIpc) is 2.16. The Labute approximate surface area is 80.7 Å². The van der Waals surface area contributed by atoms with Crippen LogP contribution in [0.15, 0.2) is 47.9 Å². The summed E-state index contributed by atoms with van der Waals surface area (Å²) >= 11 is 0. The molecule has 0 amide bonds. The lowest BCUT2D eigenvalue weighted by atomic mass is 9.92. The fourth-order valence-corrected chi connectivity index (χ4v) is 1.16. The van der Waals surface area contributed by atoms with E-state index in [0.717, 1.165) is 6.42 Å². The van der Waals surface area contributed by atoms with Gasteiger partial charge in [0.05, 0.1) is 0 Å². The standard InChI is InChI=1S/C13H16/c1-12-10-8-6-4-3-5-7-9-11-13(12)2/h3-4,7-9,11-13H,10H2,1-2H3. The lowest BCUT2D eigenvalue weighted by Gasteiger charge is -2.13. The molecule has 0 saturated heterocycles. The number of allylic oxidation sites excluding steroid dienone is 4. The van der Waals surface area contributed by atoms with Gasteiger partial charge in [0.1, 0.15) is 0 Å². The topological polar surface area (TPSA) is 0 Å². The predicted molar refractivity (Wildman–Crippen MR) is 57.4 cm³/mol. The maximum Gasteiger partial charge on any atom is -0.0123 e. The molecule has 0 bridgehead atoms. The molecule has 1 aliphatic carbocycles. The molecule has 0 aromatic carbocycles. The zero-order valence-corrected chi connectivity index (χ0v) is 8.33. The van der Waals surface area contributed by atoms with E-state index in [2.05, 4.69) is 43.5 Å². The van der Waals surface area contributed by atoms with E-state index in [9.17, 15) is 0 Å². The first-order valence-electron chi connectivity index (χ1n) is 4.79. The van der Waals surface area contributed by atoms with Crippen LogP contribution in [0.3, 0.4) is 0 Å². The van der Waals surface area contributed by atoms with Gasteiger partial charge in [0.2, 0.25) is 0 Å². The Kier molecular flexibility index (Phi) is 4.12. The summed E-state index contributed by atoms with van der Waals surface area (Å²) in [5.41, 5.74) is 6.16. The quantitative estimate of drug-likeness (QED) is 0.489. The summed E-state index contributed by atoms with van der Waals surface area (Å²) in [6.45, 7) is 4.51. The molecule has 0 aromatic heterocycles. The maximum absolute atomic E-state index is 3.12. The minimum absolute atomic E-state index is 0.620. The maximum atomic E-state index is 3.12. The van der Waals surface area contributed by atoms with Gasteiger partial charge in [-0.3, -0.25) is 0 Å². The fraction of sp³-hybridized carbons (Fsp3) is 0.385. The van der Waals surface area contributed by atoms with Crippen molar-refractivity contribution in [1.82, 2.24) is 0 Å². The van der Waals surface area contributed by atoms with Crippen LogP contribution in [0.1, 0.15) is 20.3 Å². The van der Waals surface area contributed by atoms with E-state index >= 15 is 0 Å². The normalized spacial score (nSPS) is 27.5. The van der Waals surface area contributed by atoms with Crippen LogP contribution in [0.4, 0.5) is 0 Å². The van der Waals surface area contributed by atoms with Gasteiger partial charge in [-0.05, 0) is 42.6 Å². The average molecular weight is 172 g/mol. The summed E-state index contributed by atoms with van der Waals surface area (Å²) in [5, 5.41) is 0. The van der Waals surface area contributed by atoms with Gasteiger partial charge in [-0.2, -0.15) is 0 Å². The summed E-state index contributed by atoms with van der Waals surface area (Å²) in [6.07, 6.45) is 13.2. The van der Waals surface area contributed by atoms with E-state index in [1.165, 1.54) is 0 Å². The van der Waals surface area contributed by atoms with Crippen LogP contribution in [0.2, 0.25) is 0 Å². The highest BCUT2D eigenvalue weighted by atomic mass is 14.1. The van der Waals surface area contributed by atoms with Crippen LogP contribution in [-0.4, -0.2) is 0 Å². The van der Waals surface area contributed by atoms with Crippen LogP contribution < -0.4 is 0 Å². The van der Waals surface area contributed by atoms with E-state index in [1.54, 1.807) is 0 Å². The van der Waals surface area contributed by atoms with Gasteiger partial charge < -0.3 is 0 Å². The molecule has 0 saturated carbocycles. The van der Waals surface area contributed by atoms with Crippen molar-refractivity contribution in [2.75, 3.05) is 0 Å². The lowest BCUT2D eigenvalue weighted by molar-refractivity contribution is 0.466. The Morgan fingerprint density at radius 2 is 1.85 bits per heavy atom. The van der Waals surface area contributed by atoms with E-state index in [1.807, 2.05) is 18.2 Å². The number of hydrogen-bond donors (Lipinski definition) is 0. The Bertz CT molecular complexity index is 292. The minimum atomic E-state index is 0.620. The molecule has 0 aromatic rings. The molecule has 0 aliphatic heterocycles. The lowest BCUT2D eigenvalue weighted by Crippen LogP contribution is -2.03. The molecule has 0 heterocycles. The van der Waals surface area contributed by atoms with Gasteiger partial charge in [0.25, 0.3) is 0 Å². The van der Waals surface area contributed by atoms with Gasteiger partial charge in [0.15, 0.2) is 0 Å². The summed E-state index contributed by atoms with van der Waals surface area (Å²) in [6, 6.07) is 0. The van der Waals surface area contributed by atoms with Crippen LogP contribution in [0.5, 0.6) is 0 Å². The third kappa shape index (κ3) is 3.80. The second-order valence-electron chi connectivity index (χ2n) is 3.49. The summed E-state index contributed by atoms with van der Waals surface area (Å²) in [7, 11) is 0. The fourth-order valence-electron chi connectivity index (χ4n) is 1.16. The van der Waals surface area contributed by atoms with Crippen molar-refractivity contribution < 1.29 is 0 Å². The third-order valence-corrected chi connectivity index (χ3v) is 2.39. The second kappa shape index (κ2) is 5.43. The highest BCUT2D eigenvalue weighted by Crippen LogP contribution is 2.16. The van der Waals surface area contributed by atoms with Crippen molar-refractivity contribution in [3.63, 3.8) is 0 Å². The highest BCUT2D eigenvalue weighted by molar-refractivity contribution is 5.10. The second-order valence-corrected chi connectivity index (χ2v) is 3.49. The third-order valence-electron chi connectivity index (χ3n) is 2.39. The summed E-state index contributed by atoms with van der Waals surface area (Å²) < 4.78 is 0. The molecule has 0 radical (unpaired) electrons. The molecular formula is C13H16. The largest absolute Gasteiger partial charge is 0.125 e. The number of rotatable bonds is 0. The van der Waals surface area contributed by atoms with Crippen LogP contribution in [0, 0.1) is 11.8 Å². The molecule has 0 fully saturated rings. The Balaban J connectivity index is 2.82. The predicted octanol–water partition coefficient (Wildman–Crippen LogP) is 3.64. The molecule has 13 heavy (non-hydrogen) atoms. The Morgan fingerprint density at radius 3 is 2.69 bits per heavy atom. The van der Waals surface area contributed by atoms with Gasteiger partial charge in [0, 0.05) is 0 Å². The number of hydrogen-bond acceptors (Lipinski definition) is 0. The zero-order chi connectivity index (χ0) is 9.52. The summed E-state index contributed by atoms with van der Waals surface area (Å²) in [4.78, 5) is 0. The van der Waals surface area contributed by atoms with Crippen molar-refractivity contribution in [2.24, 2.45) is 11.8 Å². The van der Waals surface area contributed by atoms with E-state index in [4.69, 9.17) is 0 Å². The molecule has 0 spiro atoms. The molecule has 0 nitrogen and oxygen atoms in total. The van der Waals surface area contributed by atoms with Crippen molar-refractivity contribution >= 4 is 0 Å². The molecule has 0 heteroatoms. The van der Waals surface area contributed by atoms with Crippen molar-refractivity contribution in [1.29, 1.82) is 0 Å². The Hall–Kier alpha value is -1.22. The molecule has 0 N–H and O–H groups in total. The van der Waals surface area contributed by atoms with Crippen LogP contribution >= 0.6 is 0 Å². The van der Waals surface area contributed by atoms with Crippen LogP contribution in [-0.2, 0) is 0 Å². The minimum Gasteiger partial charge on any atom is -0.125 e. The van der Waals surface area contributed by atoms with Crippen molar-refractivity contribution in [3.05, 3.63) is 47.9 Å². The SMILES string of the molecule is CC1C=CC=C=CC=C=CCC1C. The summed E-state index contributed by atoms with van der Waals surface area (Å²) in [5.74, 6) is 1.30. The van der Waals surface area contributed by atoms with E-state index in [-0.39, 0.29) is 0 Å². The first-order chi connectivity index (χ1) is 6.30. The van der Waals surface area contributed by atoms with Gasteiger partial charge in [-0.15, -0.1) is 11.5 Å². The molecular weight excluding hydrogens is 156 g/mol. The van der Waals surface area contributed by atoms with E-state index < -0.39 is 0 Å². The van der Waals surface area contributed by atoms with Crippen molar-refractivity contribution in [3.8, 4) is 0 Å². The first-order valence-corrected chi connectivity index (χ1v) is 4.79. The highest BCUT2D eigenvalue weighted by Gasteiger charge is 2.06. The smallest absolute Gasteiger partial charge is 0.0123 e. The van der Waals surface area contributed by atoms with Gasteiger partial charge in [-0.1, -0.05) is 26.0 Å². The van der Waals surface area contributed by atoms with Gasteiger partial charge in [-0.25, -0.2) is 0 Å².